The molecule has 0 aliphatic carbocycles. The normalized spacial score (nSPS) is 20.8. The van der Waals surface area contributed by atoms with E-state index < -0.39 is 53.5 Å². The fourth-order valence-corrected chi connectivity index (χ4v) is 6.56. The third-order valence-corrected chi connectivity index (χ3v) is 8.21. The van der Waals surface area contributed by atoms with Crippen molar-refractivity contribution in [1.29, 1.82) is 0 Å². The minimum Gasteiger partial charge on any atom is -0.477 e. The molecule has 19 heteroatoms. The Bertz CT molecular complexity index is 1270. The average molecular weight is 570 g/mol. The van der Waals surface area contributed by atoms with Crippen LogP contribution in [0.3, 0.4) is 0 Å². The number of amides is 2. The molecular formula is C16H11ClF3N7O5S3. The van der Waals surface area contributed by atoms with Crippen molar-refractivity contribution < 1.29 is 32.7 Å². The van der Waals surface area contributed by atoms with Gasteiger partial charge in [0.1, 0.15) is 26.0 Å². The summed E-state index contributed by atoms with van der Waals surface area (Å²) in [6, 6.07) is -3.67. The summed E-state index contributed by atoms with van der Waals surface area (Å²) in [5.41, 5.74) is 3.58. The summed E-state index contributed by atoms with van der Waals surface area (Å²) >= 11 is 7.72. The zero-order chi connectivity index (χ0) is 25.7. The molecule has 35 heavy (non-hydrogen) atoms. The fraction of sp³-hybridized carbons (Fsp3) is 0.375. The quantitative estimate of drug-likeness (QED) is 0.331. The number of hydrogen-bond acceptors (Lipinski definition) is 12. The maximum absolute atomic E-state index is 13.1. The molecule has 12 nitrogen and oxygen atoms in total. The van der Waals surface area contributed by atoms with Crippen molar-refractivity contribution in [2.75, 3.05) is 5.73 Å². The number of nitrogen functional groups attached to an aromatic ring is 1. The van der Waals surface area contributed by atoms with Crippen LogP contribution in [-0.4, -0.2) is 54.4 Å². The Labute approximate surface area is 209 Å². The molecule has 0 saturated carbocycles. The number of aromatic nitrogens is 3. The van der Waals surface area contributed by atoms with Crippen molar-refractivity contribution in [2.45, 2.75) is 41.4 Å². The van der Waals surface area contributed by atoms with E-state index in [9.17, 15) is 37.6 Å². The number of nitroso groups, excluding NO2 is 1. The highest BCUT2D eigenvalue weighted by molar-refractivity contribution is 8.04. The molecule has 2 aromatic heterocycles. The molecule has 2 aromatic rings. The summed E-state index contributed by atoms with van der Waals surface area (Å²) in [7, 11) is 0. The predicted octanol–water partition coefficient (Wildman–Crippen LogP) is 2.63. The number of allylic oxidation sites excluding steroid dienone is 1. The first kappa shape index (κ1) is 25.3. The van der Waals surface area contributed by atoms with Crippen LogP contribution in [0.1, 0.15) is 30.3 Å². The number of anilines is 1. The minimum atomic E-state index is -4.79. The predicted molar refractivity (Wildman–Crippen MR) is 117 cm³/mol. The summed E-state index contributed by atoms with van der Waals surface area (Å²) in [4.78, 5) is 53.3. The number of rotatable bonds is 7. The highest BCUT2D eigenvalue weighted by atomic mass is 35.5. The van der Waals surface area contributed by atoms with Crippen LogP contribution in [0.5, 0.6) is 0 Å². The van der Waals surface area contributed by atoms with Crippen molar-refractivity contribution in [3.8, 4) is 0 Å². The van der Waals surface area contributed by atoms with E-state index in [0.29, 0.717) is 23.3 Å². The van der Waals surface area contributed by atoms with Crippen LogP contribution in [-0.2, 0) is 20.6 Å². The fourth-order valence-electron chi connectivity index (χ4n) is 3.61. The van der Waals surface area contributed by atoms with E-state index in [2.05, 4.69) is 25.1 Å². The van der Waals surface area contributed by atoms with Gasteiger partial charge in [0.15, 0.2) is 10.8 Å². The van der Waals surface area contributed by atoms with E-state index in [4.69, 9.17) is 17.3 Å². The summed E-state index contributed by atoms with van der Waals surface area (Å²) < 4.78 is 42.3. The number of carboxylic acid groups (broad SMARTS) is 1. The van der Waals surface area contributed by atoms with Crippen molar-refractivity contribution in [3.63, 3.8) is 0 Å². The lowest BCUT2D eigenvalue weighted by Crippen LogP contribution is -2.71. The lowest BCUT2D eigenvalue weighted by atomic mass is 9.86. The van der Waals surface area contributed by atoms with Crippen LogP contribution >= 0.6 is 46.2 Å². The maximum Gasteiger partial charge on any atom is 0.437 e. The lowest BCUT2D eigenvalue weighted by molar-refractivity contribution is -0.156. The van der Waals surface area contributed by atoms with Crippen LogP contribution < -0.4 is 11.1 Å². The third kappa shape index (κ3) is 4.57. The number of alkyl halides is 3. The molecule has 3 atom stereocenters. The molecule has 2 aliphatic rings. The van der Waals surface area contributed by atoms with E-state index in [-0.39, 0.29) is 37.1 Å². The number of nitrogens with two attached hydrogens (primary N) is 1. The second-order valence-corrected chi connectivity index (χ2v) is 10.9. The Hall–Kier alpha value is -2.83. The Morgan fingerprint density at radius 3 is 2.69 bits per heavy atom. The molecule has 4 rings (SSSR count). The first-order chi connectivity index (χ1) is 16.4. The first-order valence-electron chi connectivity index (χ1n) is 9.35. The number of hydrogen-bond donors (Lipinski definition) is 3. The van der Waals surface area contributed by atoms with E-state index in [1.165, 1.54) is 0 Å². The van der Waals surface area contributed by atoms with Gasteiger partial charge >= 0.3 is 12.1 Å². The number of carbonyl (C=O) groups excluding carboxylic acids is 2. The van der Waals surface area contributed by atoms with Gasteiger partial charge in [0.25, 0.3) is 11.8 Å². The molecule has 0 aromatic carbocycles. The van der Waals surface area contributed by atoms with E-state index in [1.807, 2.05) is 0 Å². The number of carboxylic acids is 1. The number of halogens is 4. The van der Waals surface area contributed by atoms with Gasteiger partial charge in [-0.3, -0.25) is 14.5 Å². The average Bonchev–Trinajstić information content (AvgIpc) is 3.38. The Morgan fingerprint density at radius 1 is 1.40 bits per heavy atom. The first-order valence-corrected chi connectivity index (χ1v) is 12.1. The van der Waals surface area contributed by atoms with Gasteiger partial charge in [-0.25, -0.2) is 9.78 Å². The number of β-lactam (4-membered cyclic amide) rings is 1. The van der Waals surface area contributed by atoms with Gasteiger partial charge in [-0.1, -0.05) is 39.2 Å². The van der Waals surface area contributed by atoms with Gasteiger partial charge in [0.05, 0.1) is 6.04 Å². The number of thioether (sulfide) groups is 1. The van der Waals surface area contributed by atoms with Gasteiger partial charge in [0.2, 0.25) is 6.04 Å². The molecule has 0 spiro atoms. The second kappa shape index (κ2) is 9.32. The lowest BCUT2D eigenvalue weighted by Gasteiger charge is -2.50. The molecule has 0 bridgehead atoms. The van der Waals surface area contributed by atoms with Crippen LogP contribution in [0.25, 0.3) is 0 Å². The zero-order valence-electron chi connectivity index (χ0n) is 16.8. The van der Waals surface area contributed by atoms with Crippen LogP contribution in [0.2, 0.25) is 4.34 Å². The smallest absolute Gasteiger partial charge is 0.437 e. The van der Waals surface area contributed by atoms with Crippen LogP contribution in [0.15, 0.2) is 20.0 Å². The summed E-state index contributed by atoms with van der Waals surface area (Å²) in [5, 5.41) is 17.8. The summed E-state index contributed by atoms with van der Waals surface area (Å²) in [5.74, 6) is -3.33. The van der Waals surface area contributed by atoms with Crippen molar-refractivity contribution in [3.05, 3.63) is 31.2 Å². The van der Waals surface area contributed by atoms with Crippen molar-refractivity contribution in [2.24, 2.45) is 5.18 Å². The molecule has 186 valence electrons. The molecule has 4 N–H and O–H groups in total. The monoisotopic (exact) mass is 569 g/mol. The second-order valence-electron chi connectivity index (χ2n) is 7.11. The Kier molecular flexibility index (Phi) is 6.73. The largest absolute Gasteiger partial charge is 0.477 e. The molecular weight excluding hydrogens is 559 g/mol. The number of fused-ring (bicyclic) bond motifs is 1. The SMILES string of the molecule is Nc1nc(C(N=O)C(=O)NC2C(=O)N3C(C(=O)O)=C(Sc4snnc4C(F)(F)F)CCC23)c(Cl)s1. The van der Waals surface area contributed by atoms with Crippen molar-refractivity contribution >= 4 is 69.1 Å². The number of carbonyl (C=O) groups is 3. The Morgan fingerprint density at radius 2 is 2.11 bits per heavy atom. The van der Waals surface area contributed by atoms with Crippen LogP contribution in [0, 0.1) is 4.91 Å². The number of thiazole rings is 1. The number of nitrogens with one attached hydrogen (secondary N) is 1. The molecule has 2 aliphatic heterocycles. The third-order valence-electron chi connectivity index (χ3n) is 5.07. The van der Waals surface area contributed by atoms with E-state index in [0.717, 1.165) is 16.2 Å². The van der Waals surface area contributed by atoms with Gasteiger partial charge in [-0.15, -0.1) is 10.0 Å². The van der Waals surface area contributed by atoms with Crippen LogP contribution in [0.4, 0.5) is 18.3 Å². The highest BCUT2D eigenvalue weighted by Crippen LogP contribution is 2.47. The van der Waals surface area contributed by atoms with Gasteiger partial charge < -0.3 is 16.2 Å². The Balaban J connectivity index is 1.55. The molecule has 1 fully saturated rings. The number of nitrogens with zero attached hydrogens (tertiary/aromatic N) is 5. The molecule has 3 unspecified atom stereocenters. The molecule has 2 amide bonds. The number of aliphatic carboxylic acids is 1. The van der Waals surface area contributed by atoms with Gasteiger partial charge in [-0.05, 0) is 29.6 Å². The summed E-state index contributed by atoms with van der Waals surface area (Å²) in [6.07, 6.45) is -4.65. The standard InChI is InChI=1S/C16H11ClF3N7O5S3/c17-10-6(23-15(21)34-10)7(25-32)11(28)22-5-3-1-2-4(8(13(30)31)27(3)12(5)29)33-14-9(16(18,19)20)24-26-35-14/h3,5,7H,1-2H2,(H2,21,23)(H,22,28)(H,30,31). The van der Waals surface area contributed by atoms with E-state index >= 15 is 0 Å². The molecule has 4 heterocycles. The topological polar surface area (TPSA) is 181 Å². The van der Waals surface area contributed by atoms with E-state index in [1.54, 1.807) is 0 Å². The van der Waals surface area contributed by atoms with Crippen molar-refractivity contribution in [1.82, 2.24) is 24.8 Å². The minimum absolute atomic E-state index is 0.00397. The molecule has 0 radical (unpaired) electrons. The van der Waals surface area contributed by atoms with Gasteiger partial charge in [-0.2, -0.15) is 13.2 Å². The zero-order valence-corrected chi connectivity index (χ0v) is 20.0. The maximum atomic E-state index is 13.1. The molecule has 1 saturated heterocycles. The summed E-state index contributed by atoms with van der Waals surface area (Å²) in [6.45, 7) is 0. The highest BCUT2D eigenvalue weighted by Gasteiger charge is 2.54. The van der Waals surface area contributed by atoms with Gasteiger partial charge in [0, 0.05) is 4.91 Å².